The molecule has 20 heavy (non-hydrogen) atoms. The van der Waals surface area contributed by atoms with E-state index in [0.29, 0.717) is 18.8 Å². The normalized spacial score (nSPS) is 26.4. The SMILES string of the molecule is O=C(O)C1CCC1C(=O)NC(c1ccccc1)C1CC1. The number of amides is 1. The molecule has 1 aromatic rings. The van der Waals surface area contributed by atoms with Crippen molar-refractivity contribution in [2.45, 2.75) is 31.7 Å². The van der Waals surface area contributed by atoms with Crippen LogP contribution in [0.15, 0.2) is 30.3 Å². The minimum absolute atomic E-state index is 0.0405. The van der Waals surface area contributed by atoms with Gasteiger partial charge in [-0.05, 0) is 37.2 Å². The summed E-state index contributed by atoms with van der Waals surface area (Å²) in [5, 5.41) is 12.1. The molecule has 0 saturated heterocycles. The molecule has 2 N–H and O–H groups in total. The van der Waals surface area contributed by atoms with Crippen molar-refractivity contribution in [1.29, 1.82) is 0 Å². The van der Waals surface area contributed by atoms with Crippen molar-refractivity contribution in [2.24, 2.45) is 17.8 Å². The molecular formula is C16H19NO3. The maximum Gasteiger partial charge on any atom is 0.307 e. The Labute approximate surface area is 118 Å². The quantitative estimate of drug-likeness (QED) is 0.865. The van der Waals surface area contributed by atoms with E-state index in [1.165, 1.54) is 0 Å². The molecule has 0 radical (unpaired) electrons. The third-order valence-electron chi connectivity index (χ3n) is 4.48. The van der Waals surface area contributed by atoms with E-state index < -0.39 is 11.9 Å². The lowest BCUT2D eigenvalue weighted by atomic mass is 9.73. The van der Waals surface area contributed by atoms with Crippen LogP contribution in [0.3, 0.4) is 0 Å². The van der Waals surface area contributed by atoms with E-state index in [2.05, 4.69) is 5.32 Å². The second kappa shape index (κ2) is 5.27. The van der Waals surface area contributed by atoms with Crippen molar-refractivity contribution < 1.29 is 14.7 Å². The van der Waals surface area contributed by atoms with Crippen molar-refractivity contribution in [3.05, 3.63) is 35.9 Å². The number of hydrogen-bond donors (Lipinski definition) is 2. The zero-order valence-electron chi connectivity index (χ0n) is 11.3. The Balaban J connectivity index is 1.68. The van der Waals surface area contributed by atoms with Crippen LogP contribution in [0, 0.1) is 17.8 Å². The molecule has 1 amide bonds. The van der Waals surface area contributed by atoms with Gasteiger partial charge >= 0.3 is 5.97 Å². The van der Waals surface area contributed by atoms with Gasteiger partial charge in [-0.1, -0.05) is 30.3 Å². The highest BCUT2D eigenvalue weighted by Gasteiger charge is 2.43. The predicted molar refractivity (Wildman–Crippen MR) is 73.9 cm³/mol. The van der Waals surface area contributed by atoms with E-state index >= 15 is 0 Å². The van der Waals surface area contributed by atoms with Crippen LogP contribution < -0.4 is 5.32 Å². The lowest BCUT2D eigenvalue weighted by Crippen LogP contribution is -2.45. The molecule has 4 nitrogen and oxygen atoms in total. The molecule has 0 spiro atoms. The molecule has 1 aromatic carbocycles. The van der Waals surface area contributed by atoms with Gasteiger partial charge in [-0.3, -0.25) is 9.59 Å². The van der Waals surface area contributed by atoms with Crippen molar-refractivity contribution in [3.8, 4) is 0 Å². The topological polar surface area (TPSA) is 66.4 Å². The Kier molecular flexibility index (Phi) is 3.47. The van der Waals surface area contributed by atoms with E-state index in [1.807, 2.05) is 30.3 Å². The lowest BCUT2D eigenvalue weighted by molar-refractivity contribution is -0.153. The summed E-state index contributed by atoms with van der Waals surface area (Å²) in [4.78, 5) is 23.3. The molecule has 2 saturated carbocycles. The van der Waals surface area contributed by atoms with Gasteiger partial charge in [0.1, 0.15) is 0 Å². The summed E-state index contributed by atoms with van der Waals surface area (Å²) in [5.41, 5.74) is 1.12. The Hall–Kier alpha value is -1.84. The summed E-state index contributed by atoms with van der Waals surface area (Å²) in [5.74, 6) is -1.28. The van der Waals surface area contributed by atoms with Gasteiger partial charge in [-0.2, -0.15) is 0 Å². The molecule has 0 bridgehead atoms. The maximum absolute atomic E-state index is 12.3. The number of aliphatic carboxylic acids is 1. The van der Waals surface area contributed by atoms with E-state index in [1.54, 1.807) is 0 Å². The molecule has 2 aliphatic carbocycles. The smallest absolute Gasteiger partial charge is 0.307 e. The van der Waals surface area contributed by atoms with Gasteiger partial charge in [0.2, 0.25) is 5.91 Å². The van der Waals surface area contributed by atoms with Crippen LogP contribution in [-0.4, -0.2) is 17.0 Å². The molecular weight excluding hydrogens is 254 g/mol. The highest BCUT2D eigenvalue weighted by molar-refractivity contribution is 5.86. The fraction of sp³-hybridized carbons (Fsp3) is 0.500. The molecule has 0 heterocycles. The van der Waals surface area contributed by atoms with Crippen LogP contribution in [0.5, 0.6) is 0 Å². The lowest BCUT2D eigenvalue weighted by Gasteiger charge is -2.33. The van der Waals surface area contributed by atoms with Crippen LogP contribution in [0.25, 0.3) is 0 Å². The first-order valence-corrected chi connectivity index (χ1v) is 7.25. The van der Waals surface area contributed by atoms with Gasteiger partial charge in [-0.15, -0.1) is 0 Å². The number of carbonyl (C=O) groups excluding carboxylic acids is 1. The highest BCUT2D eigenvalue weighted by atomic mass is 16.4. The number of carboxylic acids is 1. The number of carboxylic acid groups (broad SMARTS) is 1. The maximum atomic E-state index is 12.3. The van der Waals surface area contributed by atoms with Crippen molar-refractivity contribution in [2.75, 3.05) is 0 Å². The molecule has 3 rings (SSSR count). The Bertz CT molecular complexity index is 510. The summed E-state index contributed by atoms with van der Waals surface area (Å²) < 4.78 is 0. The third-order valence-corrected chi connectivity index (χ3v) is 4.48. The Morgan fingerprint density at radius 1 is 1.05 bits per heavy atom. The van der Waals surface area contributed by atoms with Crippen LogP contribution in [-0.2, 0) is 9.59 Å². The summed E-state index contributed by atoms with van der Waals surface area (Å²) in [6, 6.07) is 10.00. The van der Waals surface area contributed by atoms with Crippen LogP contribution in [0.1, 0.15) is 37.3 Å². The number of hydrogen-bond acceptors (Lipinski definition) is 2. The molecule has 0 aromatic heterocycles. The van der Waals surface area contributed by atoms with Gasteiger partial charge in [0.15, 0.2) is 0 Å². The second-order valence-electron chi connectivity index (χ2n) is 5.86. The Morgan fingerprint density at radius 2 is 1.70 bits per heavy atom. The van der Waals surface area contributed by atoms with Gasteiger partial charge in [0.05, 0.1) is 17.9 Å². The van der Waals surface area contributed by atoms with E-state index in [9.17, 15) is 9.59 Å². The highest BCUT2D eigenvalue weighted by Crippen LogP contribution is 2.42. The molecule has 2 fully saturated rings. The summed E-state index contributed by atoms with van der Waals surface area (Å²) in [6.07, 6.45) is 3.57. The summed E-state index contributed by atoms with van der Waals surface area (Å²) >= 11 is 0. The van der Waals surface area contributed by atoms with Gasteiger partial charge in [-0.25, -0.2) is 0 Å². The average Bonchev–Trinajstić information content (AvgIpc) is 3.19. The van der Waals surface area contributed by atoms with E-state index in [4.69, 9.17) is 5.11 Å². The summed E-state index contributed by atoms with van der Waals surface area (Å²) in [7, 11) is 0. The number of nitrogens with one attached hydrogen (secondary N) is 1. The second-order valence-corrected chi connectivity index (χ2v) is 5.86. The van der Waals surface area contributed by atoms with E-state index in [-0.39, 0.29) is 17.9 Å². The van der Waals surface area contributed by atoms with Crippen molar-refractivity contribution in [3.63, 3.8) is 0 Å². The fourth-order valence-corrected chi connectivity index (χ4v) is 2.93. The average molecular weight is 273 g/mol. The van der Waals surface area contributed by atoms with E-state index in [0.717, 1.165) is 18.4 Å². The standard InChI is InChI=1S/C16H19NO3/c18-15(12-8-9-13(12)16(19)20)17-14(11-6-7-11)10-4-2-1-3-5-10/h1-5,11-14H,6-9H2,(H,17,18)(H,19,20). The predicted octanol–water partition coefficient (Wildman–Crippen LogP) is 2.36. The number of benzene rings is 1. The molecule has 106 valence electrons. The van der Waals surface area contributed by atoms with Gasteiger partial charge in [0, 0.05) is 0 Å². The van der Waals surface area contributed by atoms with Gasteiger partial charge < -0.3 is 10.4 Å². The molecule has 0 aliphatic heterocycles. The first-order valence-electron chi connectivity index (χ1n) is 7.25. The molecule has 3 unspecified atom stereocenters. The van der Waals surface area contributed by atoms with Crippen LogP contribution in [0.4, 0.5) is 0 Å². The van der Waals surface area contributed by atoms with Crippen molar-refractivity contribution in [1.82, 2.24) is 5.32 Å². The monoisotopic (exact) mass is 273 g/mol. The molecule has 4 heteroatoms. The van der Waals surface area contributed by atoms with Gasteiger partial charge in [0.25, 0.3) is 0 Å². The first kappa shape index (κ1) is 13.2. The largest absolute Gasteiger partial charge is 0.481 e. The minimum atomic E-state index is -0.848. The number of carbonyl (C=O) groups is 2. The van der Waals surface area contributed by atoms with Crippen LogP contribution in [0.2, 0.25) is 0 Å². The molecule has 3 atom stereocenters. The minimum Gasteiger partial charge on any atom is -0.481 e. The Morgan fingerprint density at radius 3 is 2.20 bits per heavy atom. The fourth-order valence-electron chi connectivity index (χ4n) is 2.93. The zero-order valence-corrected chi connectivity index (χ0v) is 11.3. The summed E-state index contributed by atoms with van der Waals surface area (Å²) in [6.45, 7) is 0. The number of rotatable bonds is 5. The first-order chi connectivity index (χ1) is 9.66. The zero-order chi connectivity index (χ0) is 14.1. The molecule has 2 aliphatic rings. The van der Waals surface area contributed by atoms with Crippen LogP contribution >= 0.6 is 0 Å². The van der Waals surface area contributed by atoms with Crippen molar-refractivity contribution >= 4 is 11.9 Å². The third kappa shape index (κ3) is 2.55.